The molecular formula is C12H13N5O. The van der Waals surface area contributed by atoms with Gasteiger partial charge in [-0.25, -0.2) is 9.97 Å². The molecule has 0 aromatic carbocycles. The number of nitrogens with zero attached hydrogens (tertiary/aromatic N) is 5. The summed E-state index contributed by atoms with van der Waals surface area (Å²) < 4.78 is 2.97. The van der Waals surface area contributed by atoms with Crippen LogP contribution >= 0.6 is 0 Å². The molecule has 6 nitrogen and oxygen atoms in total. The number of hydrogen-bond donors (Lipinski definition) is 0. The summed E-state index contributed by atoms with van der Waals surface area (Å²) in [5.74, 6) is 0.327. The first-order valence-corrected chi connectivity index (χ1v) is 5.47. The zero-order valence-corrected chi connectivity index (χ0v) is 10.5. The van der Waals surface area contributed by atoms with Crippen LogP contribution in [-0.2, 0) is 5.54 Å². The van der Waals surface area contributed by atoms with E-state index in [9.17, 15) is 4.79 Å². The Hall–Kier alpha value is -2.42. The van der Waals surface area contributed by atoms with E-state index in [1.165, 1.54) is 10.8 Å². The molecule has 2 aromatic heterocycles. The van der Waals surface area contributed by atoms with Crippen LogP contribution in [0.2, 0.25) is 0 Å². The Bertz CT molecular complexity index is 669. The van der Waals surface area contributed by atoms with Gasteiger partial charge in [0.2, 0.25) is 11.6 Å². The van der Waals surface area contributed by atoms with Crippen LogP contribution in [0.1, 0.15) is 26.6 Å². The Morgan fingerprint density at radius 1 is 1.22 bits per heavy atom. The predicted octanol–water partition coefficient (Wildman–Crippen LogP) is 1.06. The average Bonchev–Trinajstić information content (AvgIpc) is 2.75. The summed E-state index contributed by atoms with van der Waals surface area (Å²) in [5.41, 5.74) is -0.596. The van der Waals surface area contributed by atoms with Crippen LogP contribution in [0.3, 0.4) is 0 Å². The Morgan fingerprint density at radius 3 is 2.50 bits per heavy atom. The Labute approximate surface area is 104 Å². The first-order valence-electron chi connectivity index (χ1n) is 5.47. The summed E-state index contributed by atoms with van der Waals surface area (Å²) in [5, 5.41) is 8.92. The highest BCUT2D eigenvalue weighted by atomic mass is 16.1. The SMILES string of the molecule is CC(C)(C)n1ccnc(-n2ccnc2C#N)c1=O. The second-order valence-corrected chi connectivity index (χ2v) is 4.83. The number of nitriles is 1. The summed E-state index contributed by atoms with van der Waals surface area (Å²) in [6, 6.07) is 1.92. The van der Waals surface area contributed by atoms with Crippen molar-refractivity contribution in [1.82, 2.24) is 19.1 Å². The molecule has 0 aliphatic carbocycles. The van der Waals surface area contributed by atoms with Gasteiger partial charge in [0.15, 0.2) is 0 Å². The highest BCUT2D eigenvalue weighted by Crippen LogP contribution is 2.11. The molecule has 0 radical (unpaired) electrons. The molecule has 0 aliphatic rings. The minimum absolute atomic E-state index is 0.145. The van der Waals surface area contributed by atoms with Gasteiger partial charge in [-0.2, -0.15) is 5.26 Å². The van der Waals surface area contributed by atoms with E-state index in [0.717, 1.165) is 0 Å². The molecule has 6 heteroatoms. The normalized spacial score (nSPS) is 11.2. The van der Waals surface area contributed by atoms with Gasteiger partial charge in [-0.1, -0.05) is 0 Å². The van der Waals surface area contributed by atoms with Gasteiger partial charge in [0.05, 0.1) is 0 Å². The van der Waals surface area contributed by atoms with Gasteiger partial charge < -0.3 is 4.57 Å². The fourth-order valence-electron chi connectivity index (χ4n) is 1.65. The number of rotatable bonds is 1. The van der Waals surface area contributed by atoms with Crippen LogP contribution in [0, 0.1) is 11.3 Å². The van der Waals surface area contributed by atoms with Crippen molar-refractivity contribution in [3.63, 3.8) is 0 Å². The second-order valence-electron chi connectivity index (χ2n) is 4.83. The maximum atomic E-state index is 12.3. The molecule has 18 heavy (non-hydrogen) atoms. The largest absolute Gasteiger partial charge is 0.306 e. The van der Waals surface area contributed by atoms with E-state index in [0.29, 0.717) is 0 Å². The lowest BCUT2D eigenvalue weighted by molar-refractivity contribution is 0.381. The molecule has 2 heterocycles. The third-order valence-electron chi connectivity index (χ3n) is 2.51. The average molecular weight is 243 g/mol. The van der Waals surface area contributed by atoms with E-state index in [1.54, 1.807) is 23.2 Å². The molecule has 0 amide bonds. The third kappa shape index (κ3) is 1.91. The van der Waals surface area contributed by atoms with Gasteiger partial charge in [-0.15, -0.1) is 0 Å². The zero-order valence-electron chi connectivity index (χ0n) is 10.5. The van der Waals surface area contributed by atoms with E-state index in [-0.39, 0.29) is 22.7 Å². The lowest BCUT2D eigenvalue weighted by Crippen LogP contribution is -2.35. The lowest BCUT2D eigenvalue weighted by Gasteiger charge is -2.22. The van der Waals surface area contributed by atoms with Crippen molar-refractivity contribution in [2.45, 2.75) is 26.3 Å². The van der Waals surface area contributed by atoms with Gasteiger partial charge in [-0.05, 0) is 20.8 Å². The molecule has 0 atom stereocenters. The van der Waals surface area contributed by atoms with Gasteiger partial charge in [0.25, 0.3) is 5.56 Å². The van der Waals surface area contributed by atoms with Crippen molar-refractivity contribution >= 4 is 0 Å². The van der Waals surface area contributed by atoms with Crippen molar-refractivity contribution in [3.05, 3.63) is 41.0 Å². The van der Waals surface area contributed by atoms with Crippen LogP contribution in [0.25, 0.3) is 5.82 Å². The van der Waals surface area contributed by atoms with E-state index >= 15 is 0 Å². The smallest absolute Gasteiger partial charge is 0.294 e. The molecule has 92 valence electrons. The highest BCUT2D eigenvalue weighted by Gasteiger charge is 2.18. The van der Waals surface area contributed by atoms with E-state index < -0.39 is 0 Å². The van der Waals surface area contributed by atoms with Crippen LogP contribution in [0.15, 0.2) is 29.6 Å². The first-order chi connectivity index (χ1) is 8.45. The van der Waals surface area contributed by atoms with E-state index in [1.807, 2.05) is 26.8 Å². The van der Waals surface area contributed by atoms with Crippen LogP contribution in [0.5, 0.6) is 0 Å². The van der Waals surface area contributed by atoms with Gasteiger partial charge in [0, 0.05) is 30.3 Å². The third-order valence-corrected chi connectivity index (χ3v) is 2.51. The van der Waals surface area contributed by atoms with Gasteiger partial charge >= 0.3 is 0 Å². The molecule has 0 N–H and O–H groups in total. The number of aromatic nitrogens is 4. The molecular weight excluding hydrogens is 230 g/mol. The monoisotopic (exact) mass is 243 g/mol. The van der Waals surface area contributed by atoms with Crippen molar-refractivity contribution in [2.24, 2.45) is 0 Å². The Balaban J connectivity index is 2.69. The van der Waals surface area contributed by atoms with Gasteiger partial charge in [0.1, 0.15) is 6.07 Å². The van der Waals surface area contributed by atoms with Crippen molar-refractivity contribution in [2.75, 3.05) is 0 Å². The molecule has 0 aliphatic heterocycles. The minimum atomic E-state index is -0.345. The quantitative estimate of drug-likeness (QED) is 0.750. The van der Waals surface area contributed by atoms with Crippen LogP contribution in [0.4, 0.5) is 0 Å². The van der Waals surface area contributed by atoms with Crippen molar-refractivity contribution in [1.29, 1.82) is 5.26 Å². The molecule has 0 saturated heterocycles. The molecule has 0 unspecified atom stereocenters. The van der Waals surface area contributed by atoms with E-state index in [4.69, 9.17) is 5.26 Å². The summed E-state index contributed by atoms with van der Waals surface area (Å²) in [4.78, 5) is 20.2. The topological polar surface area (TPSA) is 76.5 Å². The van der Waals surface area contributed by atoms with Crippen molar-refractivity contribution < 1.29 is 0 Å². The van der Waals surface area contributed by atoms with Gasteiger partial charge in [-0.3, -0.25) is 9.36 Å². The number of hydrogen-bond acceptors (Lipinski definition) is 4. The fourth-order valence-corrected chi connectivity index (χ4v) is 1.65. The Kier molecular flexibility index (Phi) is 2.75. The molecule has 2 rings (SSSR count). The summed E-state index contributed by atoms with van der Waals surface area (Å²) >= 11 is 0. The van der Waals surface area contributed by atoms with Crippen LogP contribution in [-0.4, -0.2) is 19.1 Å². The molecule has 0 saturated carbocycles. The summed E-state index contributed by atoms with van der Waals surface area (Å²) in [6.07, 6.45) is 6.20. The maximum Gasteiger partial charge on any atom is 0.294 e. The van der Waals surface area contributed by atoms with Crippen LogP contribution < -0.4 is 5.56 Å². The number of imidazole rings is 1. The summed E-state index contributed by atoms with van der Waals surface area (Å²) in [6.45, 7) is 5.78. The van der Waals surface area contributed by atoms with Crippen molar-refractivity contribution in [3.8, 4) is 11.9 Å². The van der Waals surface area contributed by atoms with E-state index in [2.05, 4.69) is 9.97 Å². The highest BCUT2D eigenvalue weighted by molar-refractivity contribution is 5.27. The predicted molar refractivity (Wildman–Crippen MR) is 65.3 cm³/mol. The standard InChI is InChI=1S/C12H13N5O/c1-12(2,3)17-7-5-15-10(11(17)18)16-6-4-14-9(16)8-13/h4-7H,1-3H3. The molecule has 0 spiro atoms. The Morgan fingerprint density at radius 2 is 1.89 bits per heavy atom. The molecule has 2 aromatic rings. The second kappa shape index (κ2) is 4.11. The molecule has 0 bridgehead atoms. The maximum absolute atomic E-state index is 12.3. The zero-order chi connectivity index (χ0) is 13.3. The first kappa shape index (κ1) is 12.0. The lowest BCUT2D eigenvalue weighted by atomic mass is 10.1. The fraction of sp³-hybridized carbons (Fsp3) is 0.333. The summed E-state index contributed by atoms with van der Waals surface area (Å²) in [7, 11) is 0. The minimum Gasteiger partial charge on any atom is -0.306 e. The molecule has 0 fully saturated rings.